The van der Waals surface area contributed by atoms with Crippen molar-refractivity contribution < 1.29 is 9.53 Å². The Kier molecular flexibility index (Phi) is 6.39. The summed E-state index contributed by atoms with van der Waals surface area (Å²) < 4.78 is 5.42. The first-order chi connectivity index (χ1) is 15.0. The Morgan fingerprint density at radius 3 is 2.52 bits per heavy atom. The smallest absolute Gasteiger partial charge is 0.248 e. The molecule has 2 heterocycles. The predicted octanol–water partition coefficient (Wildman–Crippen LogP) is 3.92. The summed E-state index contributed by atoms with van der Waals surface area (Å²) in [4.78, 5) is 23.9. The number of carbonyl (C=O) groups is 1. The lowest BCUT2D eigenvalue weighted by molar-refractivity contribution is 0.0999. The van der Waals surface area contributed by atoms with Crippen molar-refractivity contribution in [2.75, 3.05) is 36.5 Å². The molecule has 0 unspecified atom stereocenters. The van der Waals surface area contributed by atoms with Gasteiger partial charge in [0.15, 0.2) is 0 Å². The number of amides is 1. The molecule has 1 saturated heterocycles. The first-order valence-electron chi connectivity index (χ1n) is 10.1. The maximum atomic E-state index is 11.5. The van der Waals surface area contributed by atoms with Crippen molar-refractivity contribution in [3.63, 3.8) is 0 Å². The van der Waals surface area contributed by atoms with Gasteiger partial charge in [-0.25, -0.2) is 9.97 Å². The Balaban J connectivity index is 1.47. The minimum absolute atomic E-state index is 0.418. The molecule has 2 aromatic carbocycles. The minimum atomic E-state index is -0.418. The average Bonchev–Trinajstić information content (AvgIpc) is 2.77. The van der Waals surface area contributed by atoms with Gasteiger partial charge in [-0.05, 0) is 61.9 Å². The van der Waals surface area contributed by atoms with E-state index in [2.05, 4.69) is 32.3 Å². The molecule has 0 bridgehead atoms. The Hall–Kier alpha value is -3.10. The molecule has 1 aliphatic rings. The second-order valence-electron chi connectivity index (χ2n) is 7.40. The number of primary amides is 1. The number of anilines is 3. The molecule has 7 nitrogen and oxygen atoms in total. The second-order valence-corrected chi connectivity index (χ2v) is 8.46. The molecule has 1 fully saturated rings. The largest absolute Gasteiger partial charge is 0.378 e. The number of ether oxygens (including phenoxy) is 1. The molecule has 0 radical (unpaired) electrons. The zero-order valence-electron chi connectivity index (χ0n) is 17.6. The summed E-state index contributed by atoms with van der Waals surface area (Å²) in [6.45, 7) is 7.21. The Morgan fingerprint density at radius 1 is 1.10 bits per heavy atom. The minimum Gasteiger partial charge on any atom is -0.378 e. The molecule has 3 N–H and O–H groups in total. The highest BCUT2D eigenvalue weighted by Crippen LogP contribution is 2.31. The third kappa shape index (κ3) is 5.15. The van der Waals surface area contributed by atoms with Crippen molar-refractivity contribution >= 4 is 35.0 Å². The van der Waals surface area contributed by atoms with Crippen LogP contribution in [-0.4, -0.2) is 42.2 Å². The highest BCUT2D eigenvalue weighted by Gasteiger charge is 2.12. The number of carbonyl (C=O) groups excluding carboxylic acids is 1. The highest BCUT2D eigenvalue weighted by molar-refractivity contribution is 7.99. The lowest BCUT2D eigenvalue weighted by Gasteiger charge is -2.28. The van der Waals surface area contributed by atoms with Crippen molar-refractivity contribution in [2.24, 2.45) is 5.73 Å². The van der Waals surface area contributed by atoms with Crippen LogP contribution in [0.2, 0.25) is 0 Å². The number of hydrogen-bond donors (Lipinski definition) is 2. The van der Waals surface area contributed by atoms with E-state index in [1.807, 2.05) is 44.3 Å². The topological polar surface area (TPSA) is 93.4 Å². The molecule has 0 aliphatic carbocycles. The summed E-state index contributed by atoms with van der Waals surface area (Å²) in [5.41, 5.74) is 9.88. The number of nitrogens with one attached hydrogen (secondary N) is 1. The first kappa shape index (κ1) is 21.1. The van der Waals surface area contributed by atoms with Gasteiger partial charge in [-0.1, -0.05) is 11.8 Å². The molecule has 4 rings (SSSR count). The number of hydrogen-bond acceptors (Lipinski definition) is 7. The van der Waals surface area contributed by atoms with Crippen LogP contribution in [0.3, 0.4) is 0 Å². The number of nitrogens with zero attached hydrogens (tertiary/aromatic N) is 3. The summed E-state index contributed by atoms with van der Waals surface area (Å²) in [7, 11) is 0. The number of nitrogens with two attached hydrogens (primary N) is 1. The Labute approximate surface area is 186 Å². The monoisotopic (exact) mass is 435 g/mol. The molecule has 1 aliphatic heterocycles. The summed E-state index contributed by atoms with van der Waals surface area (Å²) in [5.74, 6) is 0.121. The van der Waals surface area contributed by atoms with Crippen molar-refractivity contribution in [3.05, 3.63) is 65.4 Å². The zero-order valence-corrected chi connectivity index (χ0v) is 18.4. The fraction of sp³-hybridized carbons (Fsp3) is 0.261. The van der Waals surface area contributed by atoms with E-state index in [4.69, 9.17) is 10.5 Å². The van der Waals surface area contributed by atoms with Crippen molar-refractivity contribution in [1.29, 1.82) is 0 Å². The van der Waals surface area contributed by atoms with E-state index >= 15 is 0 Å². The van der Waals surface area contributed by atoms with E-state index in [9.17, 15) is 4.79 Å². The molecule has 31 heavy (non-hydrogen) atoms. The first-order valence-corrected chi connectivity index (χ1v) is 10.9. The third-order valence-corrected chi connectivity index (χ3v) is 6.20. The van der Waals surface area contributed by atoms with Crippen LogP contribution in [-0.2, 0) is 4.74 Å². The lowest BCUT2D eigenvalue weighted by Crippen LogP contribution is -2.36. The van der Waals surface area contributed by atoms with Gasteiger partial charge in [-0.3, -0.25) is 4.79 Å². The van der Waals surface area contributed by atoms with E-state index in [0.717, 1.165) is 53.0 Å². The average molecular weight is 436 g/mol. The molecular formula is C23H25N5O2S. The van der Waals surface area contributed by atoms with Gasteiger partial charge in [-0.15, -0.1) is 0 Å². The molecule has 1 aromatic heterocycles. The van der Waals surface area contributed by atoms with Crippen LogP contribution in [0.15, 0.2) is 58.6 Å². The number of aromatic nitrogens is 2. The van der Waals surface area contributed by atoms with Crippen LogP contribution in [0.1, 0.15) is 21.5 Å². The Morgan fingerprint density at radius 2 is 1.84 bits per heavy atom. The van der Waals surface area contributed by atoms with Gasteiger partial charge in [0.25, 0.3) is 0 Å². The zero-order chi connectivity index (χ0) is 21.8. The van der Waals surface area contributed by atoms with E-state index in [0.29, 0.717) is 11.5 Å². The van der Waals surface area contributed by atoms with Gasteiger partial charge in [0.2, 0.25) is 11.9 Å². The van der Waals surface area contributed by atoms with E-state index in [-0.39, 0.29) is 0 Å². The van der Waals surface area contributed by atoms with Crippen LogP contribution in [0, 0.1) is 13.8 Å². The summed E-state index contributed by atoms with van der Waals surface area (Å²) >= 11 is 1.53. The number of morpholine rings is 1. The molecule has 160 valence electrons. The van der Waals surface area contributed by atoms with E-state index < -0.39 is 5.91 Å². The standard InChI is InChI=1S/C23H25N5O2S/c1-15-13-19(7-8-20(15)21(24)29)31-22-16(2)14-25-23(27-22)26-17-3-5-18(6-4-17)28-9-11-30-12-10-28/h3-8,13-14H,9-12H2,1-2H3,(H2,24,29)(H,25,26,27). The van der Waals surface area contributed by atoms with Gasteiger partial charge in [0.1, 0.15) is 5.03 Å². The maximum absolute atomic E-state index is 11.5. The normalized spacial score (nSPS) is 13.8. The van der Waals surface area contributed by atoms with Crippen LogP contribution in [0.5, 0.6) is 0 Å². The summed E-state index contributed by atoms with van der Waals surface area (Å²) in [6, 6.07) is 13.9. The number of aryl methyl sites for hydroxylation is 2. The van der Waals surface area contributed by atoms with Crippen molar-refractivity contribution in [1.82, 2.24) is 9.97 Å². The molecule has 0 spiro atoms. The molecule has 8 heteroatoms. The van der Waals surface area contributed by atoms with E-state index in [1.165, 1.54) is 17.4 Å². The van der Waals surface area contributed by atoms with Crippen LogP contribution in [0.4, 0.5) is 17.3 Å². The second kappa shape index (κ2) is 9.36. The maximum Gasteiger partial charge on any atom is 0.248 e. The van der Waals surface area contributed by atoms with Crippen molar-refractivity contribution in [3.8, 4) is 0 Å². The number of rotatable bonds is 6. The fourth-order valence-electron chi connectivity index (χ4n) is 3.38. The van der Waals surface area contributed by atoms with Gasteiger partial charge >= 0.3 is 0 Å². The van der Waals surface area contributed by atoms with Crippen LogP contribution >= 0.6 is 11.8 Å². The van der Waals surface area contributed by atoms with Crippen LogP contribution < -0.4 is 16.0 Å². The third-order valence-electron chi connectivity index (χ3n) is 5.10. The van der Waals surface area contributed by atoms with Gasteiger partial charge in [-0.2, -0.15) is 0 Å². The number of benzene rings is 2. The van der Waals surface area contributed by atoms with Gasteiger partial charge < -0.3 is 20.7 Å². The molecular weight excluding hydrogens is 410 g/mol. The molecule has 3 aromatic rings. The summed E-state index contributed by atoms with van der Waals surface area (Å²) in [6.07, 6.45) is 1.81. The van der Waals surface area contributed by atoms with E-state index in [1.54, 1.807) is 6.07 Å². The molecule has 0 saturated carbocycles. The van der Waals surface area contributed by atoms with Crippen molar-refractivity contribution in [2.45, 2.75) is 23.8 Å². The van der Waals surface area contributed by atoms with Crippen LogP contribution in [0.25, 0.3) is 0 Å². The highest BCUT2D eigenvalue weighted by atomic mass is 32.2. The molecule has 0 atom stereocenters. The fourth-order valence-corrected chi connectivity index (χ4v) is 4.32. The quantitative estimate of drug-likeness (QED) is 0.567. The van der Waals surface area contributed by atoms with Gasteiger partial charge in [0.05, 0.1) is 13.2 Å². The predicted molar refractivity (Wildman–Crippen MR) is 123 cm³/mol. The van der Waals surface area contributed by atoms with Gasteiger partial charge in [0, 0.05) is 46.7 Å². The lowest BCUT2D eigenvalue weighted by atomic mass is 10.1. The SMILES string of the molecule is Cc1cc(Sc2nc(Nc3ccc(N4CCOCC4)cc3)ncc2C)ccc1C(N)=O. The summed E-state index contributed by atoms with van der Waals surface area (Å²) in [5, 5.41) is 4.14. The molecule has 1 amide bonds. The Bertz CT molecular complexity index is 1080.